The smallest absolute Gasteiger partial charge is 0.407 e. The van der Waals surface area contributed by atoms with Gasteiger partial charge in [-0.05, 0) is 26.3 Å². The molecule has 0 aromatic heterocycles. The van der Waals surface area contributed by atoms with E-state index in [4.69, 9.17) is 4.74 Å². The minimum atomic E-state index is -3.35. The number of carbonyl (C=O) groups is 1. The van der Waals surface area contributed by atoms with Gasteiger partial charge >= 0.3 is 6.09 Å². The SMILES string of the molecule is CC(C)(C)OC(=O)NCCN(Cc1ccccc1)S(C)(=O)=O. The Kier molecular flexibility index (Phi) is 6.37. The molecule has 1 aromatic carbocycles. The maximum absolute atomic E-state index is 11.8. The fourth-order valence-corrected chi connectivity index (χ4v) is 2.55. The van der Waals surface area contributed by atoms with E-state index >= 15 is 0 Å². The number of carbonyl (C=O) groups excluding carboxylic acids is 1. The number of ether oxygens (including phenoxy) is 1. The first-order chi connectivity index (χ1) is 10.1. The monoisotopic (exact) mass is 328 g/mol. The predicted octanol–water partition coefficient (Wildman–Crippen LogP) is 1.97. The van der Waals surface area contributed by atoms with Crippen LogP contribution in [0.2, 0.25) is 0 Å². The van der Waals surface area contributed by atoms with Crippen molar-refractivity contribution in [1.29, 1.82) is 0 Å². The lowest BCUT2D eigenvalue weighted by molar-refractivity contribution is 0.0525. The molecule has 7 heteroatoms. The second kappa shape index (κ2) is 7.60. The Labute approximate surface area is 132 Å². The average Bonchev–Trinajstić information content (AvgIpc) is 2.35. The molecule has 1 N–H and O–H groups in total. The van der Waals surface area contributed by atoms with E-state index in [2.05, 4.69) is 5.32 Å². The van der Waals surface area contributed by atoms with Crippen LogP contribution in [-0.2, 0) is 21.3 Å². The van der Waals surface area contributed by atoms with Crippen LogP contribution in [0.25, 0.3) is 0 Å². The normalized spacial score (nSPS) is 12.2. The van der Waals surface area contributed by atoms with Gasteiger partial charge in [-0.25, -0.2) is 13.2 Å². The van der Waals surface area contributed by atoms with Gasteiger partial charge < -0.3 is 10.1 Å². The van der Waals surface area contributed by atoms with Gasteiger partial charge in [0.1, 0.15) is 5.60 Å². The third kappa shape index (κ3) is 7.42. The average molecular weight is 328 g/mol. The summed E-state index contributed by atoms with van der Waals surface area (Å²) in [5.41, 5.74) is 0.315. The molecule has 1 aromatic rings. The summed E-state index contributed by atoms with van der Waals surface area (Å²) in [5.74, 6) is 0. The number of nitrogens with zero attached hydrogens (tertiary/aromatic N) is 1. The van der Waals surface area contributed by atoms with Crippen LogP contribution in [0, 0.1) is 0 Å². The summed E-state index contributed by atoms with van der Waals surface area (Å²) in [4.78, 5) is 11.5. The number of hydrogen-bond acceptors (Lipinski definition) is 4. The maximum Gasteiger partial charge on any atom is 0.407 e. The summed E-state index contributed by atoms with van der Waals surface area (Å²) in [6.45, 7) is 5.96. The van der Waals surface area contributed by atoms with E-state index in [1.165, 1.54) is 4.31 Å². The molecule has 0 saturated carbocycles. The highest BCUT2D eigenvalue weighted by atomic mass is 32.2. The Morgan fingerprint density at radius 2 is 1.82 bits per heavy atom. The molecule has 0 aliphatic rings. The van der Waals surface area contributed by atoms with Crippen molar-refractivity contribution in [3.05, 3.63) is 35.9 Å². The van der Waals surface area contributed by atoms with E-state index in [0.29, 0.717) is 0 Å². The number of nitrogens with one attached hydrogen (secondary N) is 1. The fourth-order valence-electron chi connectivity index (χ4n) is 1.75. The Morgan fingerprint density at radius 1 is 1.23 bits per heavy atom. The lowest BCUT2D eigenvalue weighted by atomic mass is 10.2. The van der Waals surface area contributed by atoms with E-state index in [1.54, 1.807) is 20.8 Å². The molecule has 0 spiro atoms. The summed E-state index contributed by atoms with van der Waals surface area (Å²) >= 11 is 0. The molecule has 0 aliphatic heterocycles. The molecule has 0 bridgehead atoms. The van der Waals surface area contributed by atoms with Crippen LogP contribution < -0.4 is 5.32 Å². The molecule has 0 aliphatic carbocycles. The van der Waals surface area contributed by atoms with Crippen LogP contribution in [0.3, 0.4) is 0 Å². The van der Waals surface area contributed by atoms with Crippen molar-refractivity contribution < 1.29 is 17.9 Å². The summed E-state index contributed by atoms with van der Waals surface area (Å²) in [7, 11) is -3.35. The van der Waals surface area contributed by atoms with Crippen molar-refractivity contribution in [2.75, 3.05) is 19.3 Å². The highest BCUT2D eigenvalue weighted by molar-refractivity contribution is 7.88. The minimum Gasteiger partial charge on any atom is -0.444 e. The van der Waals surface area contributed by atoms with Crippen molar-refractivity contribution in [2.24, 2.45) is 0 Å². The van der Waals surface area contributed by atoms with Gasteiger partial charge in [0.15, 0.2) is 0 Å². The molecule has 1 rings (SSSR count). The Balaban J connectivity index is 2.55. The van der Waals surface area contributed by atoms with Gasteiger partial charge in [0.05, 0.1) is 6.26 Å². The topological polar surface area (TPSA) is 75.7 Å². The highest BCUT2D eigenvalue weighted by Crippen LogP contribution is 2.08. The predicted molar refractivity (Wildman–Crippen MR) is 85.9 cm³/mol. The molecule has 124 valence electrons. The van der Waals surface area contributed by atoms with Gasteiger partial charge in [0.2, 0.25) is 10.0 Å². The van der Waals surface area contributed by atoms with Crippen LogP contribution in [-0.4, -0.2) is 43.8 Å². The van der Waals surface area contributed by atoms with Gasteiger partial charge in [0, 0.05) is 19.6 Å². The molecule has 22 heavy (non-hydrogen) atoms. The molecule has 6 nitrogen and oxygen atoms in total. The molecular formula is C15H24N2O4S. The molecular weight excluding hydrogens is 304 g/mol. The number of hydrogen-bond donors (Lipinski definition) is 1. The van der Waals surface area contributed by atoms with Crippen LogP contribution in [0.5, 0.6) is 0 Å². The van der Waals surface area contributed by atoms with Crippen molar-refractivity contribution >= 4 is 16.1 Å². The quantitative estimate of drug-likeness (QED) is 0.866. The van der Waals surface area contributed by atoms with Gasteiger partial charge in [-0.1, -0.05) is 30.3 Å². The summed E-state index contributed by atoms with van der Waals surface area (Å²) < 4.78 is 30.1. The Morgan fingerprint density at radius 3 is 2.32 bits per heavy atom. The van der Waals surface area contributed by atoms with E-state index < -0.39 is 21.7 Å². The third-order valence-corrected chi connectivity index (χ3v) is 3.95. The number of sulfonamides is 1. The molecule has 1 amide bonds. The second-order valence-electron chi connectivity index (χ2n) is 6.01. The first kappa shape index (κ1) is 18.4. The lowest BCUT2D eigenvalue weighted by Gasteiger charge is -2.22. The zero-order valence-electron chi connectivity index (χ0n) is 13.5. The van der Waals surface area contributed by atoms with Crippen LogP contribution >= 0.6 is 0 Å². The van der Waals surface area contributed by atoms with Crippen LogP contribution in [0.15, 0.2) is 30.3 Å². The second-order valence-corrected chi connectivity index (χ2v) is 7.99. The maximum atomic E-state index is 11.8. The number of rotatable bonds is 6. The standard InChI is InChI=1S/C15H24N2O4S/c1-15(2,3)21-14(18)16-10-11-17(22(4,19)20)12-13-8-6-5-7-9-13/h5-9H,10-12H2,1-4H3,(H,16,18). The van der Waals surface area contributed by atoms with Crippen molar-refractivity contribution in [2.45, 2.75) is 32.9 Å². The van der Waals surface area contributed by atoms with Gasteiger partial charge in [-0.15, -0.1) is 0 Å². The van der Waals surface area contributed by atoms with Crippen molar-refractivity contribution in [3.8, 4) is 0 Å². The zero-order valence-corrected chi connectivity index (χ0v) is 14.3. The van der Waals surface area contributed by atoms with Crippen molar-refractivity contribution in [3.63, 3.8) is 0 Å². The van der Waals surface area contributed by atoms with E-state index in [1.807, 2.05) is 30.3 Å². The molecule has 0 heterocycles. The Hall–Kier alpha value is -1.60. The largest absolute Gasteiger partial charge is 0.444 e. The third-order valence-electron chi connectivity index (χ3n) is 2.70. The number of alkyl carbamates (subject to hydrolysis) is 1. The Bertz CT molecular complexity index is 579. The van der Waals surface area contributed by atoms with E-state index in [0.717, 1.165) is 11.8 Å². The minimum absolute atomic E-state index is 0.187. The molecule has 0 unspecified atom stereocenters. The van der Waals surface area contributed by atoms with Gasteiger partial charge in [-0.3, -0.25) is 0 Å². The first-order valence-electron chi connectivity index (χ1n) is 7.04. The summed E-state index contributed by atoms with van der Waals surface area (Å²) in [6.07, 6.45) is 0.601. The van der Waals surface area contributed by atoms with Gasteiger partial charge in [-0.2, -0.15) is 4.31 Å². The lowest BCUT2D eigenvalue weighted by Crippen LogP contribution is -2.39. The summed E-state index contributed by atoms with van der Waals surface area (Å²) in [5, 5.41) is 2.56. The molecule has 0 saturated heterocycles. The molecule has 0 fully saturated rings. The van der Waals surface area contributed by atoms with Crippen LogP contribution in [0.4, 0.5) is 4.79 Å². The summed E-state index contributed by atoms with van der Waals surface area (Å²) in [6, 6.07) is 9.31. The highest BCUT2D eigenvalue weighted by Gasteiger charge is 2.19. The van der Waals surface area contributed by atoms with E-state index in [9.17, 15) is 13.2 Å². The number of amides is 1. The molecule has 0 radical (unpaired) electrons. The fraction of sp³-hybridized carbons (Fsp3) is 0.533. The zero-order chi connectivity index (χ0) is 16.8. The van der Waals surface area contributed by atoms with E-state index in [-0.39, 0.29) is 19.6 Å². The van der Waals surface area contributed by atoms with Crippen LogP contribution in [0.1, 0.15) is 26.3 Å². The number of benzene rings is 1. The van der Waals surface area contributed by atoms with Gasteiger partial charge in [0.25, 0.3) is 0 Å². The van der Waals surface area contributed by atoms with Crippen molar-refractivity contribution in [1.82, 2.24) is 9.62 Å². The molecule has 0 atom stereocenters. The first-order valence-corrected chi connectivity index (χ1v) is 8.89.